The topological polar surface area (TPSA) is 12.5 Å². The minimum atomic E-state index is -0.612. The summed E-state index contributed by atoms with van der Waals surface area (Å²) < 4.78 is 6.76. The Morgan fingerprint density at radius 1 is 0.293 bits per heavy atom. The highest BCUT2D eigenvalue weighted by Gasteiger charge is 2.53. The molecular weight excluding hydrogens is 927 g/mol. The molecule has 2 aliphatic heterocycles. The smallest absolute Gasteiger partial charge is 0.132 e. The molecular formula is C72H45NOS. The first-order valence-corrected chi connectivity index (χ1v) is 26.7. The summed E-state index contributed by atoms with van der Waals surface area (Å²) in [7, 11) is 0. The minimum absolute atomic E-state index is 0.517. The van der Waals surface area contributed by atoms with Crippen LogP contribution in [0.1, 0.15) is 44.5 Å². The summed E-state index contributed by atoms with van der Waals surface area (Å²) >= 11 is 1.89. The van der Waals surface area contributed by atoms with Crippen LogP contribution < -0.4 is 9.64 Å². The molecule has 2 spiro atoms. The molecule has 0 saturated carbocycles. The van der Waals surface area contributed by atoms with Crippen LogP contribution in [0.3, 0.4) is 0 Å². The maximum Gasteiger partial charge on any atom is 0.132 e. The molecule has 0 N–H and O–H groups in total. The van der Waals surface area contributed by atoms with Crippen molar-refractivity contribution in [2.45, 2.75) is 20.6 Å². The quantitative estimate of drug-likeness (QED) is 0.171. The van der Waals surface area contributed by atoms with Crippen molar-refractivity contribution in [3.8, 4) is 56.0 Å². The van der Waals surface area contributed by atoms with E-state index in [0.717, 1.165) is 39.7 Å². The van der Waals surface area contributed by atoms with Gasteiger partial charge in [0, 0.05) is 37.9 Å². The predicted octanol–water partition coefficient (Wildman–Crippen LogP) is 18.9. The summed E-state index contributed by atoms with van der Waals surface area (Å²) in [5.41, 5.74) is 22.0. The van der Waals surface area contributed by atoms with Crippen molar-refractivity contribution in [2.75, 3.05) is 4.90 Å². The lowest BCUT2D eigenvalue weighted by atomic mass is 9.66. The van der Waals surface area contributed by atoms with Gasteiger partial charge in [0.25, 0.3) is 0 Å². The van der Waals surface area contributed by atoms with Crippen molar-refractivity contribution in [1.29, 1.82) is 0 Å². The molecule has 0 atom stereocenters. The molecule has 0 aromatic heterocycles. The van der Waals surface area contributed by atoms with E-state index in [9.17, 15) is 0 Å². The van der Waals surface area contributed by atoms with Crippen LogP contribution >= 0.6 is 11.8 Å². The molecule has 16 rings (SSSR count). The fourth-order valence-corrected chi connectivity index (χ4v) is 14.7. The average molecular weight is 972 g/mol. The van der Waals surface area contributed by atoms with E-state index in [2.05, 4.69) is 278 Å². The zero-order valence-electron chi connectivity index (χ0n) is 40.7. The first-order chi connectivity index (χ1) is 37.2. The van der Waals surface area contributed by atoms with E-state index in [1.807, 2.05) is 11.8 Å². The summed E-state index contributed by atoms with van der Waals surface area (Å²) in [4.78, 5) is 5.12. The zero-order valence-corrected chi connectivity index (χ0v) is 41.6. The highest BCUT2D eigenvalue weighted by molar-refractivity contribution is 7.99. The van der Waals surface area contributed by atoms with Crippen LogP contribution in [0.25, 0.3) is 55.3 Å². The Kier molecular flexibility index (Phi) is 9.14. The van der Waals surface area contributed by atoms with E-state index in [4.69, 9.17) is 4.74 Å². The van der Waals surface area contributed by atoms with Gasteiger partial charge in [0.1, 0.15) is 11.5 Å². The second-order valence-electron chi connectivity index (χ2n) is 20.2. The van der Waals surface area contributed by atoms with E-state index in [1.54, 1.807) is 0 Å². The van der Waals surface area contributed by atoms with Crippen molar-refractivity contribution < 1.29 is 4.74 Å². The first kappa shape index (κ1) is 42.4. The second kappa shape index (κ2) is 16.2. The Hall–Kier alpha value is -9.15. The molecule has 2 aliphatic carbocycles. The lowest BCUT2D eigenvalue weighted by Crippen LogP contribution is -2.32. The van der Waals surface area contributed by atoms with Gasteiger partial charge in [-0.15, -0.1) is 0 Å². The molecule has 2 nitrogen and oxygen atoms in total. The maximum absolute atomic E-state index is 6.76. The Labute approximate surface area is 440 Å². The molecule has 0 radical (unpaired) electrons. The van der Waals surface area contributed by atoms with Crippen molar-refractivity contribution in [3.63, 3.8) is 0 Å². The third-order valence-corrected chi connectivity index (χ3v) is 17.7. The maximum atomic E-state index is 6.76. The van der Waals surface area contributed by atoms with E-state index < -0.39 is 10.8 Å². The van der Waals surface area contributed by atoms with Crippen LogP contribution in [0.15, 0.2) is 283 Å². The standard InChI is InChI=1S/C72H45NOS/c1-2-17-46(18-3-1)47-33-35-48(36-34-47)49-37-39-52(40-38-49)73(65-28-16-27-63-70(65)54-21-6-7-22-57(54)71(63)59-23-8-12-29-66(59)74-67-30-13-9-24-60(67)71)53-41-42-58-56(45-53)55-43-50-19-4-5-20-51(50)44-64(55)72(58)61-25-10-14-31-68(61)75-69-32-15-11-26-62(69)72/h1-45H. The number of anilines is 3. The minimum Gasteiger partial charge on any atom is -0.457 e. The number of benzene rings is 12. The van der Waals surface area contributed by atoms with Gasteiger partial charge in [-0.05, 0) is 150 Å². The molecule has 3 heteroatoms. The average Bonchev–Trinajstić information content (AvgIpc) is 3.95. The Bertz CT molecular complexity index is 4220. The van der Waals surface area contributed by atoms with Gasteiger partial charge in [-0.2, -0.15) is 0 Å². The number of fused-ring (bicyclic) bond motifs is 19. The van der Waals surface area contributed by atoms with Crippen LogP contribution in [0, 0.1) is 0 Å². The van der Waals surface area contributed by atoms with Gasteiger partial charge in [0.2, 0.25) is 0 Å². The van der Waals surface area contributed by atoms with E-state index in [1.165, 1.54) is 98.5 Å². The zero-order chi connectivity index (χ0) is 49.2. The number of hydrogen-bond acceptors (Lipinski definition) is 3. The van der Waals surface area contributed by atoms with Gasteiger partial charge in [-0.1, -0.05) is 218 Å². The molecule has 12 aromatic carbocycles. The van der Waals surface area contributed by atoms with Gasteiger partial charge in [-0.25, -0.2) is 0 Å². The highest BCUT2D eigenvalue weighted by atomic mass is 32.2. The summed E-state index contributed by atoms with van der Waals surface area (Å²) in [5.74, 6) is 1.77. The summed E-state index contributed by atoms with van der Waals surface area (Å²) in [6.45, 7) is 0. The number of ether oxygens (including phenoxy) is 1. The number of rotatable bonds is 5. The van der Waals surface area contributed by atoms with Crippen LogP contribution in [0.5, 0.6) is 11.5 Å². The molecule has 350 valence electrons. The van der Waals surface area contributed by atoms with Gasteiger partial charge >= 0.3 is 0 Å². The number of nitrogens with zero attached hydrogens (tertiary/aromatic N) is 1. The predicted molar refractivity (Wildman–Crippen MR) is 308 cm³/mol. The molecule has 0 fully saturated rings. The first-order valence-electron chi connectivity index (χ1n) is 25.9. The molecule has 4 aliphatic rings. The van der Waals surface area contributed by atoms with Crippen LogP contribution in [0.2, 0.25) is 0 Å². The van der Waals surface area contributed by atoms with E-state index in [-0.39, 0.29) is 0 Å². The normalized spacial score (nSPS) is 14.1. The number of para-hydroxylation sites is 2. The van der Waals surface area contributed by atoms with Crippen molar-refractivity contribution in [2.24, 2.45) is 0 Å². The van der Waals surface area contributed by atoms with Crippen LogP contribution in [0.4, 0.5) is 17.1 Å². The second-order valence-corrected chi connectivity index (χ2v) is 21.3. The van der Waals surface area contributed by atoms with Gasteiger partial charge < -0.3 is 9.64 Å². The van der Waals surface area contributed by atoms with Crippen LogP contribution in [-0.4, -0.2) is 0 Å². The highest BCUT2D eigenvalue weighted by Crippen LogP contribution is 2.66. The summed E-state index contributed by atoms with van der Waals surface area (Å²) in [6.07, 6.45) is 0. The van der Waals surface area contributed by atoms with Gasteiger partial charge in [0.05, 0.1) is 16.5 Å². The lowest BCUT2D eigenvalue weighted by molar-refractivity contribution is 0.436. The van der Waals surface area contributed by atoms with Crippen molar-refractivity contribution >= 4 is 39.6 Å². The largest absolute Gasteiger partial charge is 0.457 e. The van der Waals surface area contributed by atoms with Crippen molar-refractivity contribution in [1.82, 2.24) is 0 Å². The van der Waals surface area contributed by atoms with Gasteiger partial charge in [-0.3, -0.25) is 0 Å². The Balaban J connectivity index is 0.952. The molecule has 0 saturated heterocycles. The van der Waals surface area contributed by atoms with Crippen molar-refractivity contribution in [3.05, 3.63) is 317 Å². The third kappa shape index (κ3) is 5.93. The molecule has 75 heavy (non-hydrogen) atoms. The van der Waals surface area contributed by atoms with E-state index in [0.29, 0.717) is 0 Å². The third-order valence-electron chi connectivity index (χ3n) is 16.6. The van der Waals surface area contributed by atoms with Gasteiger partial charge in [0.15, 0.2) is 0 Å². The number of hydrogen-bond donors (Lipinski definition) is 0. The Morgan fingerprint density at radius 2 is 0.760 bits per heavy atom. The molecule has 2 heterocycles. The fraction of sp³-hybridized carbons (Fsp3) is 0.0278. The summed E-state index contributed by atoms with van der Waals surface area (Å²) in [5, 5.41) is 2.48. The van der Waals surface area contributed by atoms with Crippen LogP contribution in [-0.2, 0) is 10.8 Å². The lowest BCUT2D eigenvalue weighted by Gasteiger charge is -2.40. The monoisotopic (exact) mass is 971 g/mol. The SMILES string of the molecule is c1ccc(-c2ccc(-c3ccc(N(c4ccc5c(c4)-c4cc6ccccc6cc4C54c5ccccc5Sc5ccccc54)c4cccc5c4-c4ccccc4C54c5ccccc5Oc5ccccc54)cc3)cc2)cc1. The molecule has 0 amide bonds. The molecule has 0 bridgehead atoms. The molecule has 12 aromatic rings. The molecule has 0 unspecified atom stereocenters. The Morgan fingerprint density at radius 3 is 1.43 bits per heavy atom. The fourth-order valence-electron chi connectivity index (χ4n) is 13.5. The van der Waals surface area contributed by atoms with E-state index >= 15 is 0 Å². The summed E-state index contributed by atoms with van der Waals surface area (Å²) in [6, 6.07) is 101.